The largest absolute Gasteiger partial charge is 0.335 e. The minimum Gasteiger partial charge on any atom is -0.335 e. The fraction of sp³-hybridized carbons (Fsp3) is 0.737. The highest BCUT2D eigenvalue weighted by Gasteiger charge is 2.30. The smallest absolute Gasteiger partial charge is 0.315 e. The average Bonchev–Trinajstić information content (AvgIpc) is 3.11. The zero-order chi connectivity index (χ0) is 17.6. The van der Waals surface area contributed by atoms with Gasteiger partial charge in [0.15, 0.2) is 0 Å². The van der Waals surface area contributed by atoms with Gasteiger partial charge in [-0.1, -0.05) is 25.3 Å². The summed E-state index contributed by atoms with van der Waals surface area (Å²) >= 11 is 1.79. The molecule has 1 aliphatic carbocycles. The summed E-state index contributed by atoms with van der Waals surface area (Å²) in [6.07, 6.45) is 6.02. The van der Waals surface area contributed by atoms with Gasteiger partial charge in [0.05, 0.1) is 6.04 Å². The lowest BCUT2D eigenvalue weighted by molar-refractivity contribution is 0.0963. The highest BCUT2D eigenvalue weighted by atomic mass is 32.1. The molecule has 2 atom stereocenters. The molecule has 2 fully saturated rings. The van der Waals surface area contributed by atoms with Crippen LogP contribution in [0.5, 0.6) is 0 Å². The zero-order valence-corrected chi connectivity index (χ0v) is 16.4. The van der Waals surface area contributed by atoms with E-state index in [0.29, 0.717) is 6.04 Å². The van der Waals surface area contributed by atoms with Crippen molar-refractivity contribution in [2.45, 2.75) is 57.2 Å². The van der Waals surface area contributed by atoms with Crippen LogP contribution in [0.2, 0.25) is 0 Å². The van der Waals surface area contributed by atoms with E-state index in [2.05, 4.69) is 51.9 Å². The first kappa shape index (κ1) is 18.7. The second-order valence-electron chi connectivity index (χ2n) is 7.54. The molecule has 2 N–H and O–H groups in total. The molecule has 3 rings (SSSR count). The molecule has 2 heterocycles. The molecular weight excluding hydrogens is 332 g/mol. The van der Waals surface area contributed by atoms with Crippen molar-refractivity contribution < 1.29 is 4.79 Å². The average molecular weight is 365 g/mol. The minimum absolute atomic E-state index is 0.00455. The Morgan fingerprint density at radius 3 is 2.56 bits per heavy atom. The number of urea groups is 1. The summed E-state index contributed by atoms with van der Waals surface area (Å²) in [6, 6.07) is 5.00. The van der Waals surface area contributed by atoms with Crippen LogP contribution in [0, 0.1) is 0 Å². The molecule has 1 aliphatic heterocycles. The van der Waals surface area contributed by atoms with Gasteiger partial charge in [-0.25, -0.2) is 4.79 Å². The van der Waals surface area contributed by atoms with Crippen molar-refractivity contribution >= 4 is 17.4 Å². The monoisotopic (exact) mass is 364 g/mol. The molecule has 5 nitrogen and oxygen atoms in total. The third-order valence-corrected chi connectivity index (χ3v) is 6.48. The molecule has 0 unspecified atom stereocenters. The van der Waals surface area contributed by atoms with Gasteiger partial charge in [0.1, 0.15) is 0 Å². The summed E-state index contributed by atoms with van der Waals surface area (Å²) < 4.78 is 0. The molecule has 0 radical (unpaired) electrons. The Labute approximate surface area is 155 Å². The predicted molar refractivity (Wildman–Crippen MR) is 104 cm³/mol. The number of rotatable bonds is 5. The van der Waals surface area contributed by atoms with E-state index in [1.54, 1.807) is 11.3 Å². The molecule has 1 saturated carbocycles. The maximum Gasteiger partial charge on any atom is 0.315 e. The first-order valence-corrected chi connectivity index (χ1v) is 10.5. The van der Waals surface area contributed by atoms with Crippen LogP contribution in [0.4, 0.5) is 4.79 Å². The number of likely N-dealkylation sites (N-methyl/N-ethyl adjacent to an activating group) is 1. The topological polar surface area (TPSA) is 47.6 Å². The molecule has 0 bridgehead atoms. The van der Waals surface area contributed by atoms with Gasteiger partial charge >= 0.3 is 6.03 Å². The van der Waals surface area contributed by atoms with E-state index in [-0.39, 0.29) is 18.1 Å². The molecule has 0 aromatic carbocycles. The second-order valence-corrected chi connectivity index (χ2v) is 8.52. The van der Waals surface area contributed by atoms with Gasteiger partial charge in [-0.05, 0) is 38.3 Å². The van der Waals surface area contributed by atoms with Crippen molar-refractivity contribution in [3.05, 3.63) is 22.4 Å². The van der Waals surface area contributed by atoms with Crippen molar-refractivity contribution in [2.75, 3.05) is 33.2 Å². The molecular formula is C19H32N4OS. The Kier molecular flexibility index (Phi) is 6.73. The van der Waals surface area contributed by atoms with Crippen LogP contribution in [0.15, 0.2) is 17.5 Å². The number of hydrogen-bond acceptors (Lipinski definition) is 4. The van der Waals surface area contributed by atoms with E-state index in [4.69, 9.17) is 0 Å². The standard InChI is InChI=1S/C19H32N4OS/c1-15(20-19(24)21-16-7-4-3-5-8-16)18(17-9-6-14-25-17)23-12-10-22(2)11-13-23/h6,9,14-16,18H,3-5,7-8,10-13H2,1-2H3,(H2,20,21,24)/t15-,18-/m0/s1. The summed E-state index contributed by atoms with van der Waals surface area (Å²) in [5.41, 5.74) is 0. The van der Waals surface area contributed by atoms with Gasteiger partial charge in [0, 0.05) is 43.1 Å². The van der Waals surface area contributed by atoms with Gasteiger partial charge in [0.25, 0.3) is 0 Å². The Hall–Kier alpha value is -1.11. The summed E-state index contributed by atoms with van der Waals surface area (Å²) in [6.45, 7) is 6.42. The molecule has 25 heavy (non-hydrogen) atoms. The number of carbonyl (C=O) groups is 1. The van der Waals surface area contributed by atoms with E-state index < -0.39 is 0 Å². The quantitative estimate of drug-likeness (QED) is 0.844. The summed E-state index contributed by atoms with van der Waals surface area (Å²) in [5.74, 6) is 0. The summed E-state index contributed by atoms with van der Waals surface area (Å²) in [5, 5.41) is 8.54. The van der Waals surface area contributed by atoms with Crippen LogP contribution in [0.1, 0.15) is 49.9 Å². The Morgan fingerprint density at radius 1 is 1.20 bits per heavy atom. The molecule has 2 aliphatic rings. The number of nitrogens with zero attached hydrogens (tertiary/aromatic N) is 2. The first-order valence-electron chi connectivity index (χ1n) is 9.66. The fourth-order valence-electron chi connectivity index (χ4n) is 4.06. The zero-order valence-electron chi connectivity index (χ0n) is 15.5. The van der Waals surface area contributed by atoms with Gasteiger partial charge in [-0.2, -0.15) is 0 Å². The number of hydrogen-bond donors (Lipinski definition) is 2. The number of piperazine rings is 1. The van der Waals surface area contributed by atoms with Gasteiger partial charge in [0.2, 0.25) is 0 Å². The Balaban J connectivity index is 1.60. The molecule has 2 amide bonds. The SMILES string of the molecule is C[C@H](NC(=O)NC1CCCCC1)[C@@H](c1cccs1)N1CCN(C)CC1. The molecule has 0 spiro atoms. The van der Waals surface area contributed by atoms with Gasteiger partial charge in [-0.3, -0.25) is 4.90 Å². The van der Waals surface area contributed by atoms with Crippen molar-refractivity contribution in [3.63, 3.8) is 0 Å². The first-order chi connectivity index (χ1) is 12.1. The highest BCUT2D eigenvalue weighted by Crippen LogP contribution is 2.29. The molecule has 1 aromatic rings. The maximum atomic E-state index is 12.5. The minimum atomic E-state index is -0.00455. The molecule has 1 aromatic heterocycles. The Morgan fingerprint density at radius 2 is 1.92 bits per heavy atom. The summed E-state index contributed by atoms with van der Waals surface area (Å²) in [7, 11) is 2.18. The van der Waals surface area contributed by atoms with Crippen molar-refractivity contribution in [1.29, 1.82) is 0 Å². The van der Waals surface area contributed by atoms with E-state index in [1.807, 2.05) is 0 Å². The van der Waals surface area contributed by atoms with E-state index in [9.17, 15) is 4.79 Å². The van der Waals surface area contributed by atoms with Crippen LogP contribution < -0.4 is 10.6 Å². The van der Waals surface area contributed by atoms with Crippen molar-refractivity contribution in [2.24, 2.45) is 0 Å². The lowest BCUT2D eigenvalue weighted by Gasteiger charge is -2.40. The lowest BCUT2D eigenvalue weighted by Crippen LogP contribution is -2.53. The number of amides is 2. The summed E-state index contributed by atoms with van der Waals surface area (Å²) in [4.78, 5) is 18.7. The van der Waals surface area contributed by atoms with Crippen LogP contribution in [-0.4, -0.2) is 61.1 Å². The van der Waals surface area contributed by atoms with E-state index in [0.717, 1.165) is 39.0 Å². The molecule has 140 valence electrons. The number of carbonyl (C=O) groups excluding carboxylic acids is 1. The van der Waals surface area contributed by atoms with Crippen molar-refractivity contribution in [3.8, 4) is 0 Å². The molecule has 6 heteroatoms. The third-order valence-electron chi connectivity index (χ3n) is 5.54. The normalized spacial score (nSPS) is 23.1. The Bertz CT molecular complexity index is 522. The van der Waals surface area contributed by atoms with Crippen LogP contribution in [0.25, 0.3) is 0 Å². The maximum absolute atomic E-state index is 12.5. The number of thiophene rings is 1. The van der Waals surface area contributed by atoms with Gasteiger partial charge in [-0.15, -0.1) is 11.3 Å². The van der Waals surface area contributed by atoms with Crippen LogP contribution in [-0.2, 0) is 0 Å². The van der Waals surface area contributed by atoms with Crippen LogP contribution >= 0.6 is 11.3 Å². The van der Waals surface area contributed by atoms with Crippen molar-refractivity contribution in [1.82, 2.24) is 20.4 Å². The lowest BCUT2D eigenvalue weighted by atomic mass is 9.96. The second kappa shape index (κ2) is 9.01. The number of nitrogens with one attached hydrogen (secondary N) is 2. The van der Waals surface area contributed by atoms with Crippen LogP contribution in [0.3, 0.4) is 0 Å². The van der Waals surface area contributed by atoms with E-state index >= 15 is 0 Å². The fourth-order valence-corrected chi connectivity index (χ4v) is 5.03. The van der Waals surface area contributed by atoms with E-state index in [1.165, 1.54) is 24.1 Å². The third kappa shape index (κ3) is 5.19. The predicted octanol–water partition coefficient (Wildman–Crippen LogP) is 3.06. The molecule has 1 saturated heterocycles. The highest BCUT2D eigenvalue weighted by molar-refractivity contribution is 7.10. The van der Waals surface area contributed by atoms with Gasteiger partial charge < -0.3 is 15.5 Å².